The van der Waals surface area contributed by atoms with Gasteiger partial charge in [-0.05, 0) is 24.5 Å². The molecule has 1 saturated heterocycles. The van der Waals surface area contributed by atoms with Gasteiger partial charge in [-0.1, -0.05) is 31.2 Å². The molecule has 3 nitrogen and oxygen atoms in total. The highest BCUT2D eigenvalue weighted by Crippen LogP contribution is 2.29. The average Bonchev–Trinajstić information content (AvgIpc) is 2.40. The Hall–Kier alpha value is -0.900. The van der Waals surface area contributed by atoms with Gasteiger partial charge >= 0.3 is 0 Å². The van der Waals surface area contributed by atoms with Gasteiger partial charge in [0.05, 0.1) is 18.3 Å². The van der Waals surface area contributed by atoms with Crippen LogP contribution in [-0.4, -0.2) is 25.8 Å². The minimum Gasteiger partial charge on any atom is -0.380 e. The summed E-state index contributed by atoms with van der Waals surface area (Å²) in [6.45, 7) is 6.83. The molecule has 0 amide bonds. The zero-order chi connectivity index (χ0) is 13.0. The number of nitrogens with one attached hydrogen (secondary N) is 1. The third kappa shape index (κ3) is 3.10. The van der Waals surface area contributed by atoms with Crippen molar-refractivity contribution in [3.63, 3.8) is 0 Å². The van der Waals surface area contributed by atoms with Crippen LogP contribution in [0.2, 0.25) is 0 Å². The van der Waals surface area contributed by atoms with Crippen LogP contribution in [0.3, 0.4) is 0 Å². The first kappa shape index (κ1) is 13.5. The van der Waals surface area contributed by atoms with Crippen molar-refractivity contribution in [1.82, 2.24) is 5.32 Å². The second kappa shape index (κ2) is 5.83. The van der Waals surface area contributed by atoms with Crippen LogP contribution in [0.25, 0.3) is 0 Å². The molecule has 18 heavy (non-hydrogen) atoms. The van der Waals surface area contributed by atoms with Crippen molar-refractivity contribution in [2.75, 3.05) is 20.2 Å². The van der Waals surface area contributed by atoms with Gasteiger partial charge in [-0.25, -0.2) is 0 Å². The molecular formula is C15H23NO2. The predicted molar refractivity (Wildman–Crippen MR) is 72.5 cm³/mol. The third-order valence-electron chi connectivity index (χ3n) is 3.67. The molecule has 1 N–H and O–H groups in total. The molecule has 1 fully saturated rings. The second-order valence-electron chi connectivity index (χ2n) is 5.22. The summed E-state index contributed by atoms with van der Waals surface area (Å²) in [5.41, 5.74) is 2.39. The van der Waals surface area contributed by atoms with Crippen molar-refractivity contribution in [2.45, 2.75) is 38.6 Å². The summed E-state index contributed by atoms with van der Waals surface area (Å²) in [6.07, 6.45) is 1.18. The predicted octanol–water partition coefficient (Wildman–Crippen LogP) is 2.66. The lowest BCUT2D eigenvalue weighted by molar-refractivity contribution is -0.109. The highest BCUT2D eigenvalue weighted by molar-refractivity contribution is 5.24. The molecule has 2 unspecified atom stereocenters. The van der Waals surface area contributed by atoms with Gasteiger partial charge in [0.1, 0.15) is 0 Å². The maximum Gasteiger partial charge on any atom is 0.0957 e. The van der Waals surface area contributed by atoms with Gasteiger partial charge in [-0.3, -0.25) is 0 Å². The van der Waals surface area contributed by atoms with E-state index in [0.29, 0.717) is 6.61 Å². The lowest BCUT2D eigenvalue weighted by Gasteiger charge is -2.39. The number of methoxy groups -OCH3 is 1. The van der Waals surface area contributed by atoms with Crippen molar-refractivity contribution in [1.29, 1.82) is 0 Å². The summed E-state index contributed by atoms with van der Waals surface area (Å²) in [4.78, 5) is 0. The number of hydrogen-bond acceptors (Lipinski definition) is 3. The Morgan fingerprint density at radius 1 is 1.39 bits per heavy atom. The Morgan fingerprint density at radius 3 is 2.72 bits per heavy atom. The van der Waals surface area contributed by atoms with E-state index in [4.69, 9.17) is 9.47 Å². The number of hydrogen-bond donors (Lipinski definition) is 1. The third-order valence-corrected chi connectivity index (χ3v) is 3.67. The Bertz CT molecular complexity index is 377. The van der Waals surface area contributed by atoms with Crippen molar-refractivity contribution in [3.05, 3.63) is 35.4 Å². The van der Waals surface area contributed by atoms with Crippen LogP contribution in [0.1, 0.15) is 37.5 Å². The fourth-order valence-corrected chi connectivity index (χ4v) is 2.28. The van der Waals surface area contributed by atoms with E-state index >= 15 is 0 Å². The molecule has 1 aliphatic rings. The molecular weight excluding hydrogens is 226 g/mol. The summed E-state index contributed by atoms with van der Waals surface area (Å²) in [6, 6.07) is 8.50. The molecule has 0 radical (unpaired) electrons. The zero-order valence-electron chi connectivity index (χ0n) is 11.5. The normalized spacial score (nSPS) is 28.3. The van der Waals surface area contributed by atoms with Gasteiger partial charge in [0.25, 0.3) is 0 Å². The smallest absolute Gasteiger partial charge is 0.0957 e. The number of ether oxygens (including phenoxy) is 2. The molecule has 1 aromatic carbocycles. The van der Waals surface area contributed by atoms with E-state index in [1.165, 1.54) is 11.1 Å². The Balaban J connectivity index is 2.06. The largest absolute Gasteiger partial charge is 0.380 e. The van der Waals surface area contributed by atoms with E-state index < -0.39 is 0 Å². The van der Waals surface area contributed by atoms with Crippen molar-refractivity contribution >= 4 is 0 Å². The van der Waals surface area contributed by atoms with Crippen LogP contribution >= 0.6 is 0 Å². The fraction of sp³-hybridized carbons (Fsp3) is 0.600. The number of morpholine rings is 1. The van der Waals surface area contributed by atoms with E-state index in [0.717, 1.165) is 19.5 Å². The summed E-state index contributed by atoms with van der Waals surface area (Å²) in [7, 11) is 1.72. The Labute approximate surface area is 109 Å². The van der Waals surface area contributed by atoms with Gasteiger partial charge in [0.15, 0.2) is 0 Å². The van der Waals surface area contributed by atoms with Crippen LogP contribution in [-0.2, 0) is 16.1 Å². The number of rotatable bonds is 4. The summed E-state index contributed by atoms with van der Waals surface area (Å²) in [5.74, 6) is 0. The highest BCUT2D eigenvalue weighted by Gasteiger charge is 2.31. The molecule has 2 rings (SSSR count). The SMILES string of the molecule is CCC1(C)CNCC(c2ccc(COC)cc2)O1. The van der Waals surface area contributed by atoms with E-state index in [1.54, 1.807) is 7.11 Å². The Kier molecular flexibility index (Phi) is 4.38. The van der Waals surface area contributed by atoms with Crippen LogP contribution in [0.15, 0.2) is 24.3 Å². The summed E-state index contributed by atoms with van der Waals surface area (Å²) < 4.78 is 11.3. The van der Waals surface area contributed by atoms with Gasteiger partial charge in [-0.15, -0.1) is 0 Å². The van der Waals surface area contributed by atoms with Crippen LogP contribution < -0.4 is 5.32 Å². The van der Waals surface area contributed by atoms with Crippen LogP contribution in [0.4, 0.5) is 0 Å². The molecule has 3 heteroatoms. The summed E-state index contributed by atoms with van der Waals surface area (Å²) >= 11 is 0. The van der Waals surface area contributed by atoms with Crippen molar-refractivity contribution in [2.24, 2.45) is 0 Å². The van der Waals surface area contributed by atoms with E-state index in [9.17, 15) is 0 Å². The maximum absolute atomic E-state index is 6.22. The molecule has 0 spiro atoms. The lowest BCUT2D eigenvalue weighted by Crippen LogP contribution is -2.48. The lowest BCUT2D eigenvalue weighted by atomic mass is 9.98. The molecule has 100 valence electrons. The van der Waals surface area contributed by atoms with Crippen LogP contribution in [0.5, 0.6) is 0 Å². The first-order valence-electron chi connectivity index (χ1n) is 6.63. The van der Waals surface area contributed by atoms with Crippen molar-refractivity contribution < 1.29 is 9.47 Å². The standard InChI is InChI=1S/C15H23NO2/c1-4-15(2)11-16-9-14(18-15)13-7-5-12(6-8-13)10-17-3/h5-8,14,16H,4,9-11H2,1-3H3. The van der Waals surface area contributed by atoms with E-state index in [2.05, 4.69) is 43.4 Å². The fourth-order valence-electron chi connectivity index (χ4n) is 2.28. The molecule has 0 saturated carbocycles. The minimum atomic E-state index is -0.0475. The molecule has 0 bridgehead atoms. The molecule has 1 aliphatic heterocycles. The monoisotopic (exact) mass is 249 g/mol. The van der Waals surface area contributed by atoms with Gasteiger partial charge in [0, 0.05) is 20.2 Å². The van der Waals surface area contributed by atoms with Gasteiger partial charge < -0.3 is 14.8 Å². The topological polar surface area (TPSA) is 30.5 Å². The molecule has 1 aromatic rings. The zero-order valence-corrected chi connectivity index (χ0v) is 11.5. The van der Waals surface area contributed by atoms with Gasteiger partial charge in [0.2, 0.25) is 0 Å². The highest BCUT2D eigenvalue weighted by atomic mass is 16.5. The number of benzene rings is 1. The minimum absolute atomic E-state index is 0.0475. The molecule has 0 aromatic heterocycles. The first-order chi connectivity index (χ1) is 8.67. The van der Waals surface area contributed by atoms with E-state index in [-0.39, 0.29) is 11.7 Å². The van der Waals surface area contributed by atoms with E-state index in [1.807, 2.05) is 0 Å². The summed E-state index contributed by atoms with van der Waals surface area (Å²) in [5, 5.41) is 3.46. The first-order valence-corrected chi connectivity index (χ1v) is 6.63. The van der Waals surface area contributed by atoms with Gasteiger partial charge in [-0.2, -0.15) is 0 Å². The Morgan fingerprint density at radius 2 is 2.11 bits per heavy atom. The average molecular weight is 249 g/mol. The van der Waals surface area contributed by atoms with Crippen molar-refractivity contribution in [3.8, 4) is 0 Å². The molecule has 2 atom stereocenters. The maximum atomic E-state index is 6.22. The second-order valence-corrected chi connectivity index (χ2v) is 5.22. The molecule has 0 aliphatic carbocycles. The molecule has 1 heterocycles. The van der Waals surface area contributed by atoms with Crippen LogP contribution in [0, 0.1) is 0 Å². The quantitative estimate of drug-likeness (QED) is 0.890.